The molecule has 5 nitrogen and oxygen atoms in total. The average Bonchev–Trinajstić information content (AvgIpc) is 2.35. The SMILES string of the molecule is CN=C(NC)NC(=O)N(C)c1c(C)cccc1Br. The minimum absolute atomic E-state index is 0.250. The summed E-state index contributed by atoms with van der Waals surface area (Å²) in [6.07, 6.45) is 0. The summed E-state index contributed by atoms with van der Waals surface area (Å²) in [5.74, 6) is 0.427. The molecule has 0 aromatic heterocycles. The van der Waals surface area contributed by atoms with E-state index in [1.807, 2.05) is 25.1 Å². The summed E-state index contributed by atoms with van der Waals surface area (Å²) in [6.45, 7) is 1.96. The van der Waals surface area contributed by atoms with Gasteiger partial charge in [-0.3, -0.25) is 15.2 Å². The Morgan fingerprint density at radius 3 is 2.61 bits per heavy atom. The monoisotopic (exact) mass is 312 g/mol. The zero-order valence-electron chi connectivity index (χ0n) is 10.9. The number of carbonyl (C=O) groups is 1. The highest BCUT2D eigenvalue weighted by molar-refractivity contribution is 9.10. The summed E-state index contributed by atoms with van der Waals surface area (Å²) in [5, 5.41) is 5.47. The minimum Gasteiger partial charge on any atom is -0.359 e. The molecule has 98 valence electrons. The molecule has 0 spiro atoms. The van der Waals surface area contributed by atoms with Crippen LogP contribution in [0, 0.1) is 6.92 Å². The van der Waals surface area contributed by atoms with Crippen LogP contribution in [0.2, 0.25) is 0 Å². The summed E-state index contributed by atoms with van der Waals surface area (Å²) in [4.78, 5) is 17.5. The van der Waals surface area contributed by atoms with Gasteiger partial charge in [0, 0.05) is 25.6 Å². The predicted octanol–water partition coefficient (Wildman–Crippen LogP) is 2.11. The van der Waals surface area contributed by atoms with Crippen LogP contribution in [0.5, 0.6) is 0 Å². The van der Waals surface area contributed by atoms with Crippen molar-refractivity contribution < 1.29 is 4.79 Å². The smallest absolute Gasteiger partial charge is 0.328 e. The van der Waals surface area contributed by atoms with E-state index >= 15 is 0 Å². The van der Waals surface area contributed by atoms with Crippen LogP contribution < -0.4 is 15.5 Å². The van der Waals surface area contributed by atoms with Crippen LogP contribution in [-0.4, -0.2) is 33.1 Å². The molecule has 0 saturated heterocycles. The van der Waals surface area contributed by atoms with Crippen LogP contribution in [0.3, 0.4) is 0 Å². The van der Waals surface area contributed by atoms with Gasteiger partial charge in [0.15, 0.2) is 5.96 Å². The second kappa shape index (κ2) is 6.39. The standard InChI is InChI=1S/C12H17BrN4O/c1-8-6-5-7-9(13)10(8)17(4)12(18)16-11(14-2)15-3/h5-7H,1-4H3,(H2,14,15,16,18). The Hall–Kier alpha value is -1.56. The van der Waals surface area contributed by atoms with Crippen molar-refractivity contribution in [3.05, 3.63) is 28.2 Å². The molecular formula is C12H17BrN4O. The Morgan fingerprint density at radius 2 is 2.11 bits per heavy atom. The topological polar surface area (TPSA) is 56.7 Å². The van der Waals surface area contributed by atoms with E-state index in [9.17, 15) is 4.79 Å². The molecule has 0 aliphatic heterocycles. The van der Waals surface area contributed by atoms with Crippen LogP contribution >= 0.6 is 15.9 Å². The summed E-state index contributed by atoms with van der Waals surface area (Å²) >= 11 is 3.45. The number of guanidine groups is 1. The number of anilines is 1. The fraction of sp³-hybridized carbons (Fsp3) is 0.333. The molecule has 1 aromatic carbocycles. The van der Waals surface area contributed by atoms with Gasteiger partial charge < -0.3 is 5.32 Å². The van der Waals surface area contributed by atoms with E-state index in [1.54, 1.807) is 26.0 Å². The molecule has 1 rings (SSSR count). The van der Waals surface area contributed by atoms with Crippen molar-refractivity contribution >= 4 is 33.6 Å². The van der Waals surface area contributed by atoms with Crippen molar-refractivity contribution in [3.63, 3.8) is 0 Å². The molecule has 0 fully saturated rings. The highest BCUT2D eigenvalue weighted by Gasteiger charge is 2.16. The molecule has 0 radical (unpaired) electrons. The van der Waals surface area contributed by atoms with E-state index in [0.29, 0.717) is 5.96 Å². The first-order valence-corrected chi connectivity index (χ1v) is 6.25. The van der Waals surface area contributed by atoms with Crippen molar-refractivity contribution in [1.82, 2.24) is 10.6 Å². The number of benzene rings is 1. The van der Waals surface area contributed by atoms with Gasteiger partial charge in [-0.1, -0.05) is 12.1 Å². The van der Waals surface area contributed by atoms with Crippen LogP contribution in [0.25, 0.3) is 0 Å². The highest BCUT2D eigenvalue weighted by atomic mass is 79.9. The second-order valence-corrected chi connectivity index (χ2v) is 4.57. The van der Waals surface area contributed by atoms with E-state index in [-0.39, 0.29) is 6.03 Å². The number of aliphatic imine (C=N–C) groups is 1. The largest absolute Gasteiger partial charge is 0.359 e. The number of halogens is 1. The maximum Gasteiger partial charge on any atom is 0.328 e. The number of hydrogen-bond acceptors (Lipinski definition) is 2. The molecule has 0 atom stereocenters. The Bertz CT molecular complexity index is 453. The quantitative estimate of drug-likeness (QED) is 0.616. The summed E-state index contributed by atoms with van der Waals surface area (Å²) < 4.78 is 0.875. The minimum atomic E-state index is -0.250. The van der Waals surface area contributed by atoms with Gasteiger partial charge >= 0.3 is 6.03 Å². The first-order chi connectivity index (χ1) is 8.51. The molecule has 18 heavy (non-hydrogen) atoms. The third-order valence-corrected chi connectivity index (χ3v) is 3.15. The number of para-hydroxylation sites is 1. The number of hydrogen-bond donors (Lipinski definition) is 2. The van der Waals surface area contributed by atoms with Crippen molar-refractivity contribution in [2.75, 3.05) is 26.0 Å². The van der Waals surface area contributed by atoms with Crippen molar-refractivity contribution in [2.24, 2.45) is 4.99 Å². The molecule has 1 aromatic rings. The summed E-state index contributed by atoms with van der Waals surface area (Å²) in [5.41, 5.74) is 1.85. The second-order valence-electron chi connectivity index (χ2n) is 3.72. The molecule has 0 saturated carbocycles. The zero-order valence-corrected chi connectivity index (χ0v) is 12.5. The predicted molar refractivity (Wildman–Crippen MR) is 78.2 cm³/mol. The maximum absolute atomic E-state index is 12.0. The van der Waals surface area contributed by atoms with Gasteiger partial charge in [0.05, 0.1) is 5.69 Å². The number of nitrogens with zero attached hydrogens (tertiary/aromatic N) is 2. The lowest BCUT2D eigenvalue weighted by Crippen LogP contribution is -2.45. The van der Waals surface area contributed by atoms with E-state index in [4.69, 9.17) is 0 Å². The zero-order chi connectivity index (χ0) is 13.7. The number of nitrogens with one attached hydrogen (secondary N) is 2. The number of amides is 2. The van der Waals surface area contributed by atoms with E-state index in [0.717, 1.165) is 15.7 Å². The molecule has 6 heteroatoms. The summed E-state index contributed by atoms with van der Waals surface area (Å²) in [6, 6.07) is 5.54. The summed E-state index contributed by atoms with van der Waals surface area (Å²) in [7, 11) is 5.02. The Labute approximate surface area is 115 Å². The van der Waals surface area contributed by atoms with Crippen molar-refractivity contribution in [2.45, 2.75) is 6.92 Å². The third kappa shape index (κ3) is 3.22. The van der Waals surface area contributed by atoms with Gasteiger partial charge in [0.1, 0.15) is 0 Å². The molecular weight excluding hydrogens is 296 g/mol. The van der Waals surface area contributed by atoms with Crippen molar-refractivity contribution in [1.29, 1.82) is 0 Å². The van der Waals surface area contributed by atoms with Gasteiger partial charge in [0.25, 0.3) is 0 Å². The van der Waals surface area contributed by atoms with E-state index in [2.05, 4.69) is 31.6 Å². The van der Waals surface area contributed by atoms with Crippen LogP contribution in [0.4, 0.5) is 10.5 Å². The molecule has 0 aliphatic rings. The number of aryl methyl sites for hydroxylation is 1. The molecule has 2 N–H and O–H groups in total. The van der Waals surface area contributed by atoms with Gasteiger partial charge in [-0.25, -0.2) is 4.79 Å². The van der Waals surface area contributed by atoms with E-state index in [1.165, 1.54) is 0 Å². The third-order valence-electron chi connectivity index (χ3n) is 2.51. The molecule has 2 amide bonds. The lowest BCUT2D eigenvalue weighted by atomic mass is 10.2. The fourth-order valence-corrected chi connectivity index (χ4v) is 2.30. The van der Waals surface area contributed by atoms with Gasteiger partial charge in [-0.05, 0) is 34.5 Å². The van der Waals surface area contributed by atoms with E-state index < -0.39 is 0 Å². The number of urea groups is 1. The normalized spacial score (nSPS) is 11.1. The Morgan fingerprint density at radius 1 is 1.44 bits per heavy atom. The highest BCUT2D eigenvalue weighted by Crippen LogP contribution is 2.28. The first-order valence-electron chi connectivity index (χ1n) is 5.45. The first kappa shape index (κ1) is 14.5. The van der Waals surface area contributed by atoms with Gasteiger partial charge in [0.2, 0.25) is 0 Å². The molecule has 0 bridgehead atoms. The Balaban J connectivity index is 2.94. The average molecular weight is 313 g/mol. The maximum atomic E-state index is 12.0. The fourth-order valence-electron chi connectivity index (χ4n) is 1.56. The molecule has 0 aliphatic carbocycles. The number of carbonyl (C=O) groups excluding carboxylic acids is 1. The molecule has 0 heterocycles. The Kier molecular flexibility index (Phi) is 5.15. The van der Waals surface area contributed by atoms with Crippen LogP contribution in [0.1, 0.15) is 5.56 Å². The van der Waals surface area contributed by atoms with Gasteiger partial charge in [-0.15, -0.1) is 0 Å². The lowest BCUT2D eigenvalue weighted by Gasteiger charge is -2.21. The molecule has 0 unspecified atom stereocenters. The number of rotatable bonds is 1. The van der Waals surface area contributed by atoms with Crippen molar-refractivity contribution in [3.8, 4) is 0 Å². The van der Waals surface area contributed by atoms with Crippen LogP contribution in [-0.2, 0) is 0 Å². The van der Waals surface area contributed by atoms with Gasteiger partial charge in [-0.2, -0.15) is 0 Å². The van der Waals surface area contributed by atoms with Crippen LogP contribution in [0.15, 0.2) is 27.7 Å². The lowest BCUT2D eigenvalue weighted by molar-refractivity contribution is 0.251.